The molecule has 0 saturated heterocycles. The number of aromatic nitrogens is 2. The van der Waals surface area contributed by atoms with E-state index in [-0.39, 0.29) is 24.6 Å². The van der Waals surface area contributed by atoms with Crippen molar-refractivity contribution in [1.82, 2.24) is 9.13 Å². The molecule has 0 aliphatic carbocycles. The molecule has 0 amide bonds. The van der Waals surface area contributed by atoms with Crippen LogP contribution in [0.2, 0.25) is 0 Å². The minimum Gasteiger partial charge on any atom is -0.491 e. The Morgan fingerprint density at radius 3 is 2.17 bits per heavy atom. The van der Waals surface area contributed by atoms with Crippen LogP contribution >= 0.6 is 0 Å². The van der Waals surface area contributed by atoms with Gasteiger partial charge in [0.1, 0.15) is 24.3 Å². The summed E-state index contributed by atoms with van der Waals surface area (Å²) in [7, 11) is 0. The Kier molecular flexibility index (Phi) is 5.44. The molecule has 6 heteroatoms. The van der Waals surface area contributed by atoms with E-state index in [0.717, 1.165) is 16.6 Å². The molecule has 1 unspecified atom stereocenters. The van der Waals surface area contributed by atoms with Gasteiger partial charge in [-0.25, -0.2) is 4.39 Å². The summed E-state index contributed by atoms with van der Waals surface area (Å²) in [4.78, 5) is 0. The fourth-order valence-electron chi connectivity index (χ4n) is 3.38. The Hall–Kier alpha value is -3.38. The normalized spacial score (nSPS) is 12.2. The number of rotatable bonds is 7. The van der Waals surface area contributed by atoms with E-state index in [1.165, 1.54) is 12.1 Å². The molecule has 2 N–H and O–H groups in total. The number of nitrogens with one attached hydrogen (secondary N) is 1. The van der Waals surface area contributed by atoms with Crippen LogP contribution in [0.4, 0.5) is 4.39 Å². The first-order chi connectivity index (χ1) is 14.1. The third kappa shape index (κ3) is 4.22. The zero-order valence-electron chi connectivity index (χ0n) is 15.8. The van der Waals surface area contributed by atoms with E-state index in [9.17, 15) is 9.50 Å². The van der Waals surface area contributed by atoms with E-state index in [2.05, 4.69) is 0 Å². The average Bonchev–Trinajstić information content (AvgIpc) is 3.00. The molecule has 4 rings (SSSR count). The van der Waals surface area contributed by atoms with Gasteiger partial charge in [-0.1, -0.05) is 42.5 Å². The number of ether oxygens (including phenoxy) is 1. The molecule has 5 nitrogen and oxygen atoms in total. The van der Waals surface area contributed by atoms with Crippen molar-refractivity contribution in [3.63, 3.8) is 0 Å². The maximum atomic E-state index is 13.2. The predicted molar refractivity (Wildman–Crippen MR) is 109 cm³/mol. The average molecular weight is 391 g/mol. The fourth-order valence-corrected chi connectivity index (χ4v) is 3.38. The van der Waals surface area contributed by atoms with E-state index in [0.29, 0.717) is 12.3 Å². The van der Waals surface area contributed by atoms with Crippen LogP contribution in [0.15, 0.2) is 78.9 Å². The largest absolute Gasteiger partial charge is 0.491 e. The number of fused-ring (bicyclic) bond motifs is 1. The second-order valence-corrected chi connectivity index (χ2v) is 6.91. The Bertz CT molecular complexity index is 1150. The number of aliphatic hydroxyl groups excluding tert-OH is 1. The summed E-state index contributed by atoms with van der Waals surface area (Å²) >= 11 is 0. The number of nitrogens with zero attached hydrogens (tertiary/aromatic N) is 2. The highest BCUT2D eigenvalue weighted by Gasteiger charge is 2.15. The van der Waals surface area contributed by atoms with Gasteiger partial charge in [-0.15, -0.1) is 0 Å². The van der Waals surface area contributed by atoms with Crippen molar-refractivity contribution in [3.8, 4) is 5.75 Å². The van der Waals surface area contributed by atoms with Crippen LogP contribution in [-0.4, -0.2) is 27.0 Å². The SMILES string of the molecule is N=c1n(Cc2ccc(F)cc2)c2ccccc2n1CC(O)COc1ccccc1. The Morgan fingerprint density at radius 2 is 1.48 bits per heavy atom. The quantitative estimate of drug-likeness (QED) is 0.506. The fraction of sp³-hybridized carbons (Fsp3) is 0.174. The lowest BCUT2D eigenvalue weighted by Gasteiger charge is -2.13. The van der Waals surface area contributed by atoms with E-state index in [4.69, 9.17) is 10.1 Å². The number of benzene rings is 3. The molecule has 0 aliphatic heterocycles. The van der Waals surface area contributed by atoms with Crippen LogP contribution in [0.1, 0.15) is 5.56 Å². The molecule has 0 radical (unpaired) electrons. The second-order valence-electron chi connectivity index (χ2n) is 6.91. The van der Waals surface area contributed by atoms with Crippen molar-refractivity contribution in [2.45, 2.75) is 19.2 Å². The van der Waals surface area contributed by atoms with Crippen molar-refractivity contribution in [2.75, 3.05) is 6.61 Å². The first-order valence-electron chi connectivity index (χ1n) is 9.45. The lowest BCUT2D eigenvalue weighted by Crippen LogP contribution is -2.31. The van der Waals surface area contributed by atoms with E-state index in [1.807, 2.05) is 59.2 Å². The Balaban J connectivity index is 1.58. The predicted octanol–water partition coefficient (Wildman–Crippen LogP) is 3.55. The summed E-state index contributed by atoms with van der Waals surface area (Å²) in [5.41, 5.74) is 2.92. The van der Waals surface area contributed by atoms with Crippen molar-refractivity contribution in [1.29, 1.82) is 5.41 Å². The van der Waals surface area contributed by atoms with Gasteiger partial charge in [0.25, 0.3) is 0 Å². The molecule has 0 aliphatic rings. The maximum absolute atomic E-state index is 13.2. The lowest BCUT2D eigenvalue weighted by atomic mass is 10.2. The second kappa shape index (κ2) is 8.32. The van der Waals surface area contributed by atoms with Crippen LogP contribution in [-0.2, 0) is 13.1 Å². The summed E-state index contributed by atoms with van der Waals surface area (Å²) in [6.45, 7) is 0.819. The molecular weight excluding hydrogens is 369 g/mol. The van der Waals surface area contributed by atoms with Gasteiger partial charge in [-0.2, -0.15) is 0 Å². The van der Waals surface area contributed by atoms with Crippen molar-refractivity contribution in [2.24, 2.45) is 0 Å². The minimum atomic E-state index is -0.769. The highest BCUT2D eigenvalue weighted by molar-refractivity contribution is 5.76. The number of imidazole rings is 1. The highest BCUT2D eigenvalue weighted by Crippen LogP contribution is 2.16. The third-order valence-corrected chi connectivity index (χ3v) is 4.81. The number of aliphatic hydroxyl groups is 1. The summed E-state index contributed by atoms with van der Waals surface area (Å²) in [6.07, 6.45) is -0.769. The zero-order chi connectivity index (χ0) is 20.2. The van der Waals surface area contributed by atoms with Gasteiger partial charge in [0.15, 0.2) is 0 Å². The molecule has 29 heavy (non-hydrogen) atoms. The summed E-state index contributed by atoms with van der Waals surface area (Å²) in [6, 6.07) is 23.3. The van der Waals surface area contributed by atoms with Gasteiger partial charge in [-0.05, 0) is 42.0 Å². The monoisotopic (exact) mass is 391 g/mol. The first-order valence-corrected chi connectivity index (χ1v) is 9.45. The maximum Gasteiger partial charge on any atom is 0.203 e. The molecule has 1 atom stereocenters. The molecule has 0 spiro atoms. The van der Waals surface area contributed by atoms with E-state index < -0.39 is 6.10 Å². The lowest BCUT2D eigenvalue weighted by molar-refractivity contribution is 0.0921. The topological polar surface area (TPSA) is 63.2 Å². The highest BCUT2D eigenvalue weighted by atomic mass is 19.1. The minimum absolute atomic E-state index is 0.133. The molecule has 4 aromatic rings. The number of hydrogen-bond acceptors (Lipinski definition) is 3. The zero-order valence-corrected chi connectivity index (χ0v) is 15.8. The molecular formula is C23H22FN3O2. The summed E-state index contributed by atoms with van der Waals surface area (Å²) in [5, 5.41) is 19.2. The molecule has 0 saturated carbocycles. The van der Waals surface area contributed by atoms with Crippen LogP contribution in [0.5, 0.6) is 5.75 Å². The van der Waals surface area contributed by atoms with Crippen LogP contribution < -0.4 is 10.4 Å². The van der Waals surface area contributed by atoms with E-state index in [1.54, 1.807) is 16.7 Å². The van der Waals surface area contributed by atoms with Crippen LogP contribution in [0.3, 0.4) is 0 Å². The number of hydrogen-bond donors (Lipinski definition) is 2. The van der Waals surface area contributed by atoms with E-state index >= 15 is 0 Å². The summed E-state index contributed by atoms with van der Waals surface area (Å²) < 4.78 is 22.5. The molecule has 3 aromatic carbocycles. The van der Waals surface area contributed by atoms with Crippen LogP contribution in [0.25, 0.3) is 11.0 Å². The van der Waals surface area contributed by atoms with Crippen molar-refractivity contribution in [3.05, 3.63) is 95.9 Å². The Labute approximate surface area is 167 Å². The Morgan fingerprint density at radius 1 is 0.862 bits per heavy atom. The van der Waals surface area contributed by atoms with Gasteiger partial charge in [0.2, 0.25) is 5.62 Å². The van der Waals surface area contributed by atoms with Crippen molar-refractivity contribution < 1.29 is 14.2 Å². The molecule has 1 heterocycles. The smallest absolute Gasteiger partial charge is 0.203 e. The number of halogens is 1. The van der Waals surface area contributed by atoms with Gasteiger partial charge in [0.05, 0.1) is 24.1 Å². The standard InChI is InChI=1S/C23H22FN3O2/c24-18-12-10-17(11-13-18)14-26-21-8-4-5-9-22(21)27(23(26)25)15-19(28)16-29-20-6-2-1-3-7-20/h1-13,19,25,28H,14-16H2. The number of para-hydroxylation sites is 3. The van der Waals surface area contributed by atoms with Gasteiger partial charge >= 0.3 is 0 Å². The summed E-state index contributed by atoms with van der Waals surface area (Å²) in [5.74, 6) is 0.412. The van der Waals surface area contributed by atoms with Crippen molar-refractivity contribution >= 4 is 11.0 Å². The molecule has 148 valence electrons. The molecule has 0 bridgehead atoms. The van der Waals surface area contributed by atoms with Gasteiger partial charge in [-0.3, -0.25) is 5.41 Å². The first kappa shape index (κ1) is 19.0. The molecule has 1 aromatic heterocycles. The molecule has 0 fully saturated rings. The third-order valence-electron chi connectivity index (χ3n) is 4.81. The van der Waals surface area contributed by atoms with Gasteiger partial charge < -0.3 is 19.0 Å². The van der Waals surface area contributed by atoms with Crippen LogP contribution in [0, 0.1) is 11.2 Å². The van der Waals surface area contributed by atoms with Gasteiger partial charge in [0, 0.05) is 0 Å².